The minimum Gasteiger partial charge on any atom is -0.496 e. The van der Waals surface area contributed by atoms with Crippen LogP contribution in [0.4, 0.5) is 0 Å². The lowest BCUT2D eigenvalue weighted by atomic mass is 9.93. The molecular formula is C33H34N2O8S. The molecule has 3 aromatic rings. The summed E-state index contributed by atoms with van der Waals surface area (Å²) in [6.45, 7) is 5.37. The van der Waals surface area contributed by atoms with Gasteiger partial charge < -0.3 is 29.0 Å². The van der Waals surface area contributed by atoms with Crippen molar-refractivity contribution in [1.82, 2.24) is 10.2 Å². The normalized spacial score (nSPS) is 18.6. The maximum Gasteiger partial charge on any atom is 0.344 e. The van der Waals surface area contributed by atoms with Crippen LogP contribution < -0.4 is 19.5 Å². The van der Waals surface area contributed by atoms with Gasteiger partial charge in [0.05, 0.1) is 44.0 Å². The van der Waals surface area contributed by atoms with Crippen LogP contribution in [0.3, 0.4) is 0 Å². The van der Waals surface area contributed by atoms with Gasteiger partial charge in [0, 0.05) is 11.1 Å². The first-order valence-corrected chi connectivity index (χ1v) is 15.1. The number of allylic oxidation sites excluding steroid dienone is 1. The van der Waals surface area contributed by atoms with E-state index >= 15 is 0 Å². The fourth-order valence-corrected chi connectivity index (χ4v) is 6.58. The number of ether oxygens (including phenoxy) is 5. The van der Waals surface area contributed by atoms with E-state index in [9.17, 15) is 14.4 Å². The van der Waals surface area contributed by atoms with E-state index in [0.717, 1.165) is 22.1 Å². The number of amides is 1. The summed E-state index contributed by atoms with van der Waals surface area (Å²) < 4.78 is 27.2. The lowest BCUT2D eigenvalue weighted by molar-refractivity contribution is -0.145. The maximum absolute atomic E-state index is 14.2. The third-order valence-electron chi connectivity index (χ3n) is 7.31. The van der Waals surface area contributed by atoms with Crippen molar-refractivity contribution >= 4 is 46.5 Å². The van der Waals surface area contributed by atoms with E-state index in [2.05, 4.69) is 5.32 Å². The molecule has 1 amide bonds. The molecule has 2 atom stereocenters. The zero-order chi connectivity index (χ0) is 31.4. The van der Waals surface area contributed by atoms with Crippen molar-refractivity contribution < 1.29 is 38.1 Å². The molecular weight excluding hydrogens is 584 g/mol. The number of hydrogen-bond donors (Lipinski definition) is 1. The first-order valence-electron chi connectivity index (χ1n) is 14.2. The third kappa shape index (κ3) is 5.92. The Morgan fingerprint density at radius 1 is 0.932 bits per heavy atom. The van der Waals surface area contributed by atoms with Crippen molar-refractivity contribution in [2.24, 2.45) is 0 Å². The molecule has 0 spiro atoms. The fourth-order valence-electron chi connectivity index (χ4n) is 5.37. The van der Waals surface area contributed by atoms with Gasteiger partial charge in [0.25, 0.3) is 5.91 Å². The predicted molar refractivity (Wildman–Crippen MR) is 167 cm³/mol. The number of hydrogen-bond acceptors (Lipinski definition) is 10. The van der Waals surface area contributed by atoms with Crippen LogP contribution in [-0.4, -0.2) is 62.3 Å². The summed E-state index contributed by atoms with van der Waals surface area (Å²) in [7, 11) is 3.11. The monoisotopic (exact) mass is 618 g/mol. The highest BCUT2D eigenvalue weighted by Crippen LogP contribution is 2.48. The highest BCUT2D eigenvalue weighted by Gasteiger charge is 2.48. The number of carbonyl (C=O) groups excluding carboxylic acids is 3. The summed E-state index contributed by atoms with van der Waals surface area (Å²) in [5.74, 6) is 0.124. The quantitative estimate of drug-likeness (QED) is 0.241. The number of nitrogens with one attached hydrogen (secondary N) is 1. The number of fused-ring (bicyclic) bond motifs is 2. The van der Waals surface area contributed by atoms with E-state index in [1.165, 1.54) is 18.9 Å². The van der Waals surface area contributed by atoms with Crippen molar-refractivity contribution in [1.29, 1.82) is 0 Å². The topological polar surface area (TPSA) is 113 Å². The Balaban J connectivity index is 1.55. The van der Waals surface area contributed by atoms with Crippen LogP contribution in [0.2, 0.25) is 0 Å². The Hall–Kier alpha value is -4.64. The molecule has 2 aliphatic heterocycles. The summed E-state index contributed by atoms with van der Waals surface area (Å²) in [6, 6.07) is 16.0. The Bertz CT molecular complexity index is 1670. The van der Waals surface area contributed by atoms with Crippen LogP contribution in [0.15, 0.2) is 70.8 Å². The Labute approximate surface area is 259 Å². The zero-order valence-corrected chi connectivity index (χ0v) is 26.0. The van der Waals surface area contributed by atoms with Crippen molar-refractivity contribution in [2.45, 2.75) is 32.3 Å². The molecule has 1 saturated heterocycles. The van der Waals surface area contributed by atoms with E-state index in [0.29, 0.717) is 33.2 Å². The molecule has 0 aliphatic carbocycles. The van der Waals surface area contributed by atoms with Gasteiger partial charge in [-0.15, -0.1) is 0 Å². The molecule has 0 unspecified atom stereocenters. The van der Waals surface area contributed by atoms with E-state index < -0.39 is 23.5 Å². The second-order valence-electron chi connectivity index (χ2n) is 9.90. The van der Waals surface area contributed by atoms with Gasteiger partial charge in [-0.3, -0.25) is 9.69 Å². The van der Waals surface area contributed by atoms with E-state index in [1.807, 2.05) is 42.5 Å². The van der Waals surface area contributed by atoms with Crippen molar-refractivity contribution in [3.8, 4) is 17.2 Å². The maximum atomic E-state index is 14.2. The Morgan fingerprint density at radius 2 is 1.64 bits per heavy atom. The smallest absolute Gasteiger partial charge is 0.344 e. The number of carbonyl (C=O) groups is 3. The van der Waals surface area contributed by atoms with E-state index in [4.69, 9.17) is 23.7 Å². The lowest BCUT2D eigenvalue weighted by Crippen LogP contribution is -2.50. The van der Waals surface area contributed by atoms with Gasteiger partial charge in [-0.2, -0.15) is 0 Å². The van der Waals surface area contributed by atoms with Gasteiger partial charge in [-0.05, 0) is 61.6 Å². The summed E-state index contributed by atoms with van der Waals surface area (Å²) >= 11 is 1.38. The minimum absolute atomic E-state index is 0.175. The predicted octanol–water partition coefficient (Wildman–Crippen LogP) is 5.18. The number of thioether (sulfide) groups is 1. The number of nitrogens with zero attached hydrogens (tertiary/aromatic N) is 1. The van der Waals surface area contributed by atoms with Gasteiger partial charge in [0.1, 0.15) is 5.75 Å². The van der Waals surface area contributed by atoms with E-state index in [-0.39, 0.29) is 25.7 Å². The fraction of sp³-hybridized carbons (Fsp3) is 0.303. The van der Waals surface area contributed by atoms with Crippen molar-refractivity contribution in [2.75, 3.05) is 34.0 Å². The van der Waals surface area contributed by atoms with Crippen LogP contribution in [0.5, 0.6) is 17.2 Å². The summed E-state index contributed by atoms with van der Waals surface area (Å²) in [5.41, 5.74) is 1.92. The van der Waals surface area contributed by atoms with E-state index in [1.54, 1.807) is 51.0 Å². The van der Waals surface area contributed by atoms with Gasteiger partial charge in [0.15, 0.2) is 23.6 Å². The molecule has 0 bridgehead atoms. The average molecular weight is 619 g/mol. The highest BCUT2D eigenvalue weighted by molar-refractivity contribution is 8.05. The second kappa shape index (κ2) is 13.3. The van der Waals surface area contributed by atoms with Crippen molar-refractivity contribution in [3.05, 3.63) is 81.9 Å². The number of esters is 2. The first-order chi connectivity index (χ1) is 21.3. The molecule has 2 aliphatic rings. The SMILES string of the molecule is CCOC(=O)COc1ccc([C@@H]2C(C(=O)OCC)=C(C)N[C@@H]3S/C(=C\c4ccc(OC)c5ccccc45)C(=O)N32)cc1OC. The molecule has 44 heavy (non-hydrogen) atoms. The zero-order valence-electron chi connectivity index (χ0n) is 25.2. The molecule has 10 nitrogen and oxygen atoms in total. The van der Waals surface area contributed by atoms with Gasteiger partial charge in [-0.25, -0.2) is 9.59 Å². The van der Waals surface area contributed by atoms with Crippen molar-refractivity contribution in [3.63, 3.8) is 0 Å². The van der Waals surface area contributed by atoms with Crippen LogP contribution in [0, 0.1) is 0 Å². The molecule has 11 heteroatoms. The highest BCUT2D eigenvalue weighted by atomic mass is 32.2. The first kappa shape index (κ1) is 30.8. The third-order valence-corrected chi connectivity index (χ3v) is 8.42. The molecule has 3 aromatic carbocycles. The largest absolute Gasteiger partial charge is 0.496 e. The van der Waals surface area contributed by atoms with Crippen LogP contribution in [-0.2, 0) is 23.9 Å². The molecule has 230 valence electrons. The molecule has 1 N–H and O–H groups in total. The van der Waals surface area contributed by atoms with Crippen LogP contribution >= 0.6 is 11.8 Å². The lowest BCUT2D eigenvalue weighted by Gasteiger charge is -2.39. The van der Waals surface area contributed by atoms with Gasteiger partial charge >= 0.3 is 11.9 Å². The Kier molecular flexibility index (Phi) is 9.34. The summed E-state index contributed by atoms with van der Waals surface area (Å²) in [4.78, 5) is 41.5. The molecule has 0 aromatic heterocycles. The number of methoxy groups -OCH3 is 2. The van der Waals surface area contributed by atoms with Gasteiger partial charge in [-0.1, -0.05) is 48.2 Å². The molecule has 1 fully saturated rings. The number of rotatable bonds is 10. The minimum atomic E-state index is -0.785. The molecule has 5 rings (SSSR count). The molecule has 0 radical (unpaired) electrons. The summed E-state index contributed by atoms with van der Waals surface area (Å²) in [5, 5.41) is 5.22. The molecule has 2 heterocycles. The van der Waals surface area contributed by atoms with Crippen LogP contribution in [0.25, 0.3) is 16.8 Å². The standard InChI is InChI=1S/C33H34N2O8S/c1-6-41-28(36)18-43-25-15-13-21(16-26(25)40-5)30-29(32(38)42-7-2)19(3)34-33-35(30)31(37)27(44-33)17-20-12-14-24(39-4)23-11-9-8-10-22(20)23/h8-17,30,33-34H,6-7,18H2,1-5H3/b27-17-/t30-,33+/m1/s1. The Morgan fingerprint density at radius 3 is 2.34 bits per heavy atom. The second-order valence-corrected chi connectivity index (χ2v) is 11.0. The summed E-state index contributed by atoms with van der Waals surface area (Å²) in [6.07, 6.45) is 1.87. The number of benzene rings is 3. The van der Waals surface area contributed by atoms with Gasteiger partial charge in [0.2, 0.25) is 0 Å². The van der Waals surface area contributed by atoms with Crippen LogP contribution in [0.1, 0.15) is 37.9 Å². The molecule has 0 saturated carbocycles. The average Bonchev–Trinajstić information content (AvgIpc) is 3.33.